The van der Waals surface area contributed by atoms with Crippen LogP contribution in [0.4, 0.5) is 34.1 Å². The number of fused-ring (bicyclic) bond motifs is 3. The van der Waals surface area contributed by atoms with E-state index in [0.29, 0.717) is 0 Å². The van der Waals surface area contributed by atoms with Crippen LogP contribution in [0, 0.1) is 20.8 Å². The highest BCUT2D eigenvalue weighted by Gasteiger charge is 2.36. The molecule has 0 fully saturated rings. The quantitative estimate of drug-likeness (QED) is 0.127. The van der Waals surface area contributed by atoms with Gasteiger partial charge in [0.1, 0.15) is 0 Å². The van der Waals surface area contributed by atoms with E-state index in [2.05, 4.69) is 305 Å². The molecule has 356 valence electrons. The topological polar surface area (TPSA) is 6.48 Å². The molecule has 0 amide bonds. The summed E-state index contributed by atoms with van der Waals surface area (Å²) in [6.45, 7) is 11.2. The molecule has 0 aromatic heterocycles. The van der Waals surface area contributed by atoms with Gasteiger partial charge in [-0.15, -0.1) is 0 Å². The predicted molar refractivity (Wildman–Crippen MR) is 315 cm³/mol. The summed E-state index contributed by atoms with van der Waals surface area (Å²) in [5, 5.41) is 0. The maximum Gasteiger partial charge on any atom is 0.0462 e. The van der Waals surface area contributed by atoms with Crippen molar-refractivity contribution < 1.29 is 0 Å². The molecule has 0 aliphatic heterocycles. The molecule has 11 aromatic rings. The molecule has 12 rings (SSSR count). The average Bonchev–Trinajstić information content (AvgIpc) is 3.67. The minimum atomic E-state index is -0.180. The Morgan fingerprint density at radius 3 is 0.878 bits per heavy atom. The summed E-state index contributed by atoms with van der Waals surface area (Å²) in [6.07, 6.45) is 0. The van der Waals surface area contributed by atoms with Crippen LogP contribution in [-0.2, 0) is 5.41 Å². The Bertz CT molecular complexity index is 3780. The van der Waals surface area contributed by atoms with Crippen molar-refractivity contribution >= 4 is 34.1 Å². The normalized spacial score (nSPS) is 12.2. The van der Waals surface area contributed by atoms with Gasteiger partial charge in [-0.2, -0.15) is 0 Å². The van der Waals surface area contributed by atoms with Crippen molar-refractivity contribution in [1.29, 1.82) is 0 Å². The van der Waals surface area contributed by atoms with Crippen LogP contribution in [0.25, 0.3) is 66.8 Å². The van der Waals surface area contributed by atoms with Crippen molar-refractivity contribution in [2.45, 2.75) is 40.0 Å². The van der Waals surface area contributed by atoms with Gasteiger partial charge < -0.3 is 9.80 Å². The Hall–Kier alpha value is -8.98. The minimum absolute atomic E-state index is 0.180. The van der Waals surface area contributed by atoms with E-state index >= 15 is 0 Å². The summed E-state index contributed by atoms with van der Waals surface area (Å²) in [5.74, 6) is 0. The smallest absolute Gasteiger partial charge is 0.0462 e. The molecule has 2 nitrogen and oxygen atoms in total. The number of aryl methyl sites for hydroxylation is 3. The van der Waals surface area contributed by atoms with Gasteiger partial charge in [-0.1, -0.05) is 200 Å². The number of hydrogen-bond acceptors (Lipinski definition) is 2. The number of benzene rings is 11. The Morgan fingerprint density at radius 1 is 0.230 bits per heavy atom. The van der Waals surface area contributed by atoms with Gasteiger partial charge in [-0.05, 0) is 190 Å². The van der Waals surface area contributed by atoms with E-state index in [1.807, 2.05) is 0 Å². The lowest BCUT2D eigenvalue weighted by Crippen LogP contribution is -2.15. The van der Waals surface area contributed by atoms with Gasteiger partial charge >= 0.3 is 0 Å². The summed E-state index contributed by atoms with van der Waals surface area (Å²) < 4.78 is 0. The maximum absolute atomic E-state index is 2.43. The maximum atomic E-state index is 2.43. The number of rotatable bonds is 11. The fraction of sp³-hybridized carbons (Fsp3) is 0.0833. The third-order valence-corrected chi connectivity index (χ3v) is 15.1. The van der Waals surface area contributed by atoms with Gasteiger partial charge in [0.25, 0.3) is 0 Å². The van der Waals surface area contributed by atoms with Gasteiger partial charge in [0.05, 0.1) is 0 Å². The fourth-order valence-corrected chi connectivity index (χ4v) is 10.9. The summed E-state index contributed by atoms with van der Waals surface area (Å²) in [4.78, 5) is 4.70. The molecule has 74 heavy (non-hydrogen) atoms. The lowest BCUT2D eigenvalue weighted by Gasteiger charge is -2.26. The second-order valence-corrected chi connectivity index (χ2v) is 20.5. The van der Waals surface area contributed by atoms with Gasteiger partial charge in [0, 0.05) is 39.5 Å². The monoisotopic (exact) mass is 950 g/mol. The van der Waals surface area contributed by atoms with Gasteiger partial charge in [0.2, 0.25) is 0 Å². The number of hydrogen-bond donors (Lipinski definition) is 0. The largest absolute Gasteiger partial charge is 0.311 e. The molecule has 0 radical (unpaired) electrons. The third-order valence-electron chi connectivity index (χ3n) is 15.1. The van der Waals surface area contributed by atoms with Crippen molar-refractivity contribution in [3.63, 3.8) is 0 Å². The van der Waals surface area contributed by atoms with Crippen molar-refractivity contribution in [3.05, 3.63) is 289 Å². The van der Waals surface area contributed by atoms with Gasteiger partial charge in [-0.25, -0.2) is 0 Å². The molecular weight excluding hydrogens is 893 g/mol. The molecule has 0 unspecified atom stereocenters. The zero-order chi connectivity index (χ0) is 50.3. The first-order valence-electron chi connectivity index (χ1n) is 25.8. The van der Waals surface area contributed by atoms with E-state index < -0.39 is 0 Å². The molecule has 0 bridgehead atoms. The highest BCUT2D eigenvalue weighted by molar-refractivity contribution is 5.88. The first kappa shape index (κ1) is 46.1. The highest BCUT2D eigenvalue weighted by Crippen LogP contribution is 2.51. The van der Waals surface area contributed by atoms with Crippen molar-refractivity contribution in [3.8, 4) is 66.8 Å². The molecule has 11 aromatic carbocycles. The molecule has 1 aliphatic rings. The van der Waals surface area contributed by atoms with Crippen LogP contribution >= 0.6 is 0 Å². The lowest BCUT2D eigenvalue weighted by molar-refractivity contribution is 0.661. The molecule has 1 aliphatic carbocycles. The Balaban J connectivity index is 0.802. The van der Waals surface area contributed by atoms with E-state index in [9.17, 15) is 0 Å². The zero-order valence-corrected chi connectivity index (χ0v) is 42.7. The predicted octanol–water partition coefficient (Wildman–Crippen LogP) is 20.2. The summed E-state index contributed by atoms with van der Waals surface area (Å²) in [6, 6.07) is 95.9. The number of nitrogens with zero attached hydrogens (tertiary/aromatic N) is 2. The van der Waals surface area contributed by atoms with E-state index in [1.165, 1.54) is 94.6 Å². The standard InChI is InChI=1S/C72H58N2/c1-49-17-31-62(32-18-49)73(64-35-21-53(22-36-64)57-14-9-11-51(3)45-57)66-39-25-55(26-40-66)60-29-43-68-69-44-30-61(48-71(69)72(4,5)70(68)47-60)56-27-41-67(42-28-56)74(63-33-19-50(2)20-34-63)65-37-23-54(24-38-65)59-16-10-15-58(46-59)52-12-7-6-8-13-52/h6-48H,1-5H3. The van der Waals surface area contributed by atoms with Gasteiger partial charge in [-0.3, -0.25) is 0 Å². The molecule has 0 heterocycles. The molecule has 0 N–H and O–H groups in total. The highest BCUT2D eigenvalue weighted by atomic mass is 15.1. The van der Waals surface area contributed by atoms with E-state index in [1.54, 1.807) is 0 Å². The second-order valence-electron chi connectivity index (χ2n) is 20.5. The molecule has 2 heteroatoms. The lowest BCUT2D eigenvalue weighted by atomic mass is 9.81. The molecule has 0 saturated carbocycles. The summed E-state index contributed by atoms with van der Waals surface area (Å²) >= 11 is 0. The van der Waals surface area contributed by atoms with Crippen LogP contribution in [0.15, 0.2) is 261 Å². The Labute approximate surface area is 437 Å². The van der Waals surface area contributed by atoms with Crippen LogP contribution < -0.4 is 9.80 Å². The first-order chi connectivity index (χ1) is 36.1. The molecule has 0 atom stereocenters. The molecular formula is C72H58N2. The first-order valence-corrected chi connectivity index (χ1v) is 25.8. The zero-order valence-electron chi connectivity index (χ0n) is 42.7. The van der Waals surface area contributed by atoms with E-state index in [4.69, 9.17) is 0 Å². The second kappa shape index (κ2) is 19.2. The SMILES string of the molecule is Cc1ccc(N(c2ccc(-c3cccc(C)c3)cc2)c2ccc(-c3ccc4c(c3)C(C)(C)c3cc(-c5ccc(N(c6ccc(C)cc6)c6ccc(-c7cccc(-c8ccccc8)c7)cc6)cc5)ccc3-4)cc2)cc1. The van der Waals surface area contributed by atoms with Crippen LogP contribution in [0.5, 0.6) is 0 Å². The third kappa shape index (κ3) is 8.90. The van der Waals surface area contributed by atoms with E-state index in [-0.39, 0.29) is 5.41 Å². The molecule has 0 spiro atoms. The summed E-state index contributed by atoms with van der Waals surface area (Å²) in [7, 11) is 0. The van der Waals surface area contributed by atoms with Crippen molar-refractivity contribution in [1.82, 2.24) is 0 Å². The van der Waals surface area contributed by atoms with Crippen LogP contribution in [0.2, 0.25) is 0 Å². The van der Waals surface area contributed by atoms with Crippen LogP contribution in [-0.4, -0.2) is 0 Å². The van der Waals surface area contributed by atoms with Crippen molar-refractivity contribution in [2.75, 3.05) is 9.80 Å². The van der Waals surface area contributed by atoms with Crippen LogP contribution in [0.1, 0.15) is 41.7 Å². The Morgan fingerprint density at radius 2 is 0.514 bits per heavy atom. The van der Waals surface area contributed by atoms with Gasteiger partial charge in [0.15, 0.2) is 0 Å². The Kier molecular flexibility index (Phi) is 12.0. The molecule has 0 saturated heterocycles. The minimum Gasteiger partial charge on any atom is -0.311 e. The average molecular weight is 951 g/mol. The van der Waals surface area contributed by atoms with Crippen LogP contribution in [0.3, 0.4) is 0 Å². The number of anilines is 6. The summed E-state index contributed by atoms with van der Waals surface area (Å²) in [5.41, 5.74) is 27.8. The fourth-order valence-electron chi connectivity index (χ4n) is 10.9. The van der Waals surface area contributed by atoms with E-state index in [0.717, 1.165) is 34.1 Å². The van der Waals surface area contributed by atoms with Crippen molar-refractivity contribution in [2.24, 2.45) is 0 Å².